The molecule has 1 unspecified atom stereocenters. The van der Waals surface area contributed by atoms with E-state index in [1.807, 2.05) is 37.4 Å². The highest BCUT2D eigenvalue weighted by Crippen LogP contribution is 2.34. The lowest BCUT2D eigenvalue weighted by molar-refractivity contribution is 0.432. The number of aliphatic imine (C=N–C) groups is 1. The maximum absolute atomic E-state index is 5.47. The van der Waals surface area contributed by atoms with Crippen LogP contribution in [0.5, 0.6) is 0 Å². The zero-order chi connectivity index (χ0) is 16.7. The first-order valence-electron chi connectivity index (χ1n) is 8.20. The molecular weight excluding hydrogens is 298 g/mol. The molecule has 24 heavy (non-hydrogen) atoms. The molecule has 0 spiro atoms. The van der Waals surface area contributed by atoms with Gasteiger partial charge in [-0.1, -0.05) is 49.3 Å². The van der Waals surface area contributed by atoms with Crippen molar-refractivity contribution in [1.82, 2.24) is 10.1 Å². The van der Waals surface area contributed by atoms with E-state index >= 15 is 0 Å². The number of rotatable bonds is 3. The molecular formula is C20H19N3O. The number of fused-ring (bicyclic) bond motifs is 1. The molecule has 4 rings (SSSR count). The van der Waals surface area contributed by atoms with Gasteiger partial charge in [-0.25, -0.2) is 0 Å². The van der Waals surface area contributed by atoms with Crippen LogP contribution in [-0.4, -0.2) is 16.4 Å². The van der Waals surface area contributed by atoms with Crippen molar-refractivity contribution < 1.29 is 4.52 Å². The Hall–Kier alpha value is -2.75. The van der Waals surface area contributed by atoms with Crippen LogP contribution in [0.15, 0.2) is 52.0 Å². The lowest BCUT2D eigenvalue weighted by Gasteiger charge is -2.13. The average molecular weight is 317 g/mol. The molecule has 0 saturated carbocycles. The molecule has 0 fully saturated rings. The van der Waals surface area contributed by atoms with Crippen molar-refractivity contribution in [3.05, 3.63) is 59.2 Å². The number of aryl methyl sites for hydroxylation is 1. The highest BCUT2D eigenvalue weighted by atomic mass is 16.5. The zero-order valence-corrected chi connectivity index (χ0v) is 14.0. The van der Waals surface area contributed by atoms with E-state index in [0.717, 1.165) is 22.3 Å². The van der Waals surface area contributed by atoms with E-state index in [0.29, 0.717) is 17.6 Å². The van der Waals surface area contributed by atoms with Gasteiger partial charge in [-0.05, 0) is 41.7 Å². The second-order valence-electron chi connectivity index (χ2n) is 6.55. The molecule has 4 heteroatoms. The lowest BCUT2D eigenvalue weighted by atomic mass is 9.94. The van der Waals surface area contributed by atoms with E-state index in [4.69, 9.17) is 4.52 Å². The maximum Gasteiger partial charge on any atom is 0.258 e. The summed E-state index contributed by atoms with van der Waals surface area (Å²) in [5.74, 6) is 1.65. The molecule has 0 radical (unpaired) electrons. The fraction of sp³-hybridized carbons (Fsp3) is 0.250. The summed E-state index contributed by atoms with van der Waals surface area (Å²) in [7, 11) is 0. The highest BCUT2D eigenvalue weighted by Gasteiger charge is 2.22. The summed E-state index contributed by atoms with van der Waals surface area (Å²) in [6.45, 7) is 6.43. The summed E-state index contributed by atoms with van der Waals surface area (Å²) < 4.78 is 5.47. The molecule has 1 aliphatic rings. The predicted octanol–water partition coefficient (Wildman–Crippen LogP) is 4.84. The molecule has 2 aromatic carbocycles. The first kappa shape index (κ1) is 14.8. The zero-order valence-electron chi connectivity index (χ0n) is 14.0. The van der Waals surface area contributed by atoms with Gasteiger partial charge in [0.05, 0.1) is 6.04 Å². The minimum absolute atomic E-state index is 0.252. The quantitative estimate of drug-likeness (QED) is 0.694. The number of nitrogens with zero attached hydrogens (tertiary/aromatic N) is 3. The smallest absolute Gasteiger partial charge is 0.258 e. The van der Waals surface area contributed by atoms with Crippen molar-refractivity contribution in [2.45, 2.75) is 26.8 Å². The molecule has 0 amide bonds. The molecule has 3 aromatic rings. The van der Waals surface area contributed by atoms with Gasteiger partial charge in [0, 0.05) is 17.3 Å². The summed E-state index contributed by atoms with van der Waals surface area (Å²) in [6.07, 6.45) is 1.95. The Morgan fingerprint density at radius 2 is 1.92 bits per heavy atom. The number of benzene rings is 2. The van der Waals surface area contributed by atoms with Gasteiger partial charge in [-0.3, -0.25) is 4.99 Å². The Morgan fingerprint density at radius 3 is 2.71 bits per heavy atom. The van der Waals surface area contributed by atoms with E-state index in [1.165, 1.54) is 5.56 Å². The topological polar surface area (TPSA) is 51.3 Å². The molecule has 0 aliphatic carbocycles. The second-order valence-corrected chi connectivity index (χ2v) is 6.55. The average Bonchev–Trinajstić information content (AvgIpc) is 3.21. The Morgan fingerprint density at radius 1 is 1.08 bits per heavy atom. The van der Waals surface area contributed by atoms with Crippen molar-refractivity contribution in [1.29, 1.82) is 0 Å². The molecule has 0 bridgehead atoms. The Bertz CT molecular complexity index is 924. The standard InChI is InChI=1S/C20H19N3O/c1-12(2)18-17-9-8-14(10-15(17)11-21-18)19-22-20(24-23-19)16-7-5-4-6-13(16)3/h4-12,18H,1-3H3. The van der Waals surface area contributed by atoms with Crippen molar-refractivity contribution >= 4 is 6.21 Å². The Kier molecular flexibility index (Phi) is 3.53. The molecule has 1 atom stereocenters. The maximum atomic E-state index is 5.47. The van der Waals surface area contributed by atoms with Crippen molar-refractivity contribution in [3.8, 4) is 22.8 Å². The van der Waals surface area contributed by atoms with Gasteiger partial charge in [0.1, 0.15) is 0 Å². The fourth-order valence-electron chi connectivity index (χ4n) is 3.13. The van der Waals surface area contributed by atoms with Gasteiger partial charge >= 0.3 is 0 Å². The first-order chi connectivity index (χ1) is 11.6. The lowest BCUT2D eigenvalue weighted by Crippen LogP contribution is -2.01. The van der Waals surface area contributed by atoms with Crippen molar-refractivity contribution in [2.24, 2.45) is 10.9 Å². The van der Waals surface area contributed by atoms with Crippen LogP contribution in [0.1, 0.15) is 36.6 Å². The molecule has 0 saturated heterocycles. The van der Waals surface area contributed by atoms with Gasteiger partial charge in [0.25, 0.3) is 5.89 Å². The highest BCUT2D eigenvalue weighted by molar-refractivity contribution is 5.87. The molecule has 2 heterocycles. The summed E-state index contributed by atoms with van der Waals surface area (Å²) in [6, 6.07) is 14.5. The van der Waals surface area contributed by atoms with Crippen LogP contribution in [0.2, 0.25) is 0 Å². The molecule has 0 N–H and O–H groups in total. The van der Waals surface area contributed by atoms with E-state index in [2.05, 4.69) is 47.2 Å². The monoisotopic (exact) mass is 317 g/mol. The second kappa shape index (κ2) is 5.71. The Balaban J connectivity index is 1.69. The van der Waals surface area contributed by atoms with Gasteiger partial charge in [-0.15, -0.1) is 0 Å². The molecule has 1 aromatic heterocycles. The first-order valence-corrected chi connectivity index (χ1v) is 8.20. The molecule has 4 nitrogen and oxygen atoms in total. The summed E-state index contributed by atoms with van der Waals surface area (Å²) >= 11 is 0. The van der Waals surface area contributed by atoms with Crippen LogP contribution in [0.25, 0.3) is 22.8 Å². The van der Waals surface area contributed by atoms with Crippen molar-refractivity contribution in [3.63, 3.8) is 0 Å². The normalized spacial score (nSPS) is 15.9. The SMILES string of the molecule is Cc1ccccc1-c1nc(-c2ccc3c(c2)C=NC3C(C)C)no1. The van der Waals surface area contributed by atoms with Crippen LogP contribution in [0.4, 0.5) is 0 Å². The third-order valence-corrected chi connectivity index (χ3v) is 4.47. The number of hydrogen-bond donors (Lipinski definition) is 0. The molecule has 120 valence electrons. The predicted molar refractivity (Wildman–Crippen MR) is 95.1 cm³/mol. The van der Waals surface area contributed by atoms with Crippen LogP contribution in [0, 0.1) is 12.8 Å². The fourth-order valence-corrected chi connectivity index (χ4v) is 3.13. The van der Waals surface area contributed by atoms with Crippen LogP contribution in [0.3, 0.4) is 0 Å². The third-order valence-electron chi connectivity index (χ3n) is 4.47. The van der Waals surface area contributed by atoms with Gasteiger partial charge in [-0.2, -0.15) is 4.98 Å². The summed E-state index contributed by atoms with van der Waals surface area (Å²) in [5, 5.41) is 4.15. The number of aromatic nitrogens is 2. The summed E-state index contributed by atoms with van der Waals surface area (Å²) in [4.78, 5) is 9.18. The van der Waals surface area contributed by atoms with E-state index < -0.39 is 0 Å². The van der Waals surface area contributed by atoms with Crippen LogP contribution in [-0.2, 0) is 0 Å². The molecule has 1 aliphatic heterocycles. The van der Waals surface area contributed by atoms with E-state index in [1.54, 1.807) is 0 Å². The minimum Gasteiger partial charge on any atom is -0.334 e. The van der Waals surface area contributed by atoms with Gasteiger partial charge in [0.2, 0.25) is 5.82 Å². The largest absolute Gasteiger partial charge is 0.334 e. The van der Waals surface area contributed by atoms with Crippen LogP contribution < -0.4 is 0 Å². The van der Waals surface area contributed by atoms with Gasteiger partial charge < -0.3 is 4.52 Å². The Labute approximate surface area is 141 Å². The summed E-state index contributed by atoms with van der Waals surface area (Å²) in [5.41, 5.74) is 5.46. The minimum atomic E-state index is 0.252. The van der Waals surface area contributed by atoms with E-state index in [-0.39, 0.29) is 6.04 Å². The number of hydrogen-bond acceptors (Lipinski definition) is 4. The van der Waals surface area contributed by atoms with Gasteiger partial charge in [0.15, 0.2) is 0 Å². The van der Waals surface area contributed by atoms with E-state index in [9.17, 15) is 0 Å². The van der Waals surface area contributed by atoms with Crippen molar-refractivity contribution in [2.75, 3.05) is 0 Å². The third kappa shape index (κ3) is 2.44. The van der Waals surface area contributed by atoms with Crippen LogP contribution >= 0.6 is 0 Å².